The molecule has 0 fully saturated rings. The molecule has 1 heterocycles. The van der Waals surface area contributed by atoms with Crippen LogP contribution in [0.1, 0.15) is 28.1 Å². The van der Waals surface area contributed by atoms with Crippen molar-refractivity contribution < 1.29 is 22.7 Å². The van der Waals surface area contributed by atoms with Crippen LogP contribution in [-0.2, 0) is 23.9 Å². The lowest BCUT2D eigenvalue weighted by Crippen LogP contribution is -2.70. The monoisotopic (exact) mass is 550 g/mol. The van der Waals surface area contributed by atoms with Crippen molar-refractivity contribution in [3.63, 3.8) is 0 Å². The number of aromatic nitrogens is 2. The van der Waals surface area contributed by atoms with Crippen molar-refractivity contribution in [2.45, 2.75) is 23.9 Å². The molecular formula is C24H12BrClF4N2O2. The summed E-state index contributed by atoms with van der Waals surface area (Å²) in [6, 6.07) is 14.0. The van der Waals surface area contributed by atoms with Crippen LogP contribution in [0.25, 0.3) is 16.6 Å². The third-order valence-corrected chi connectivity index (χ3v) is 7.90. The standard InChI is InChI=1S/C24H12BrClF4N2O2/c25-20-15(26)6-7-16-18(20)21(33)32(17(31-16)8-11-4-2-1-3-5-11)12-9-13-19-14(10-12)24(29,30)22(19,34)23(13,27)28/h1-7,9-10,34H,8H2. The topological polar surface area (TPSA) is 55.1 Å². The summed E-state index contributed by atoms with van der Waals surface area (Å²) in [6.07, 6.45) is 0.134. The second-order valence-corrected chi connectivity index (χ2v) is 9.56. The summed E-state index contributed by atoms with van der Waals surface area (Å²) in [4.78, 5) is 18.2. The number of aliphatic hydroxyl groups is 1. The lowest BCUT2D eigenvalue weighted by atomic mass is 9.53. The summed E-state index contributed by atoms with van der Waals surface area (Å²) in [5.41, 5.74) is -5.21. The van der Waals surface area contributed by atoms with E-state index >= 15 is 0 Å². The predicted molar refractivity (Wildman–Crippen MR) is 121 cm³/mol. The van der Waals surface area contributed by atoms with E-state index < -0.39 is 39.7 Å². The van der Waals surface area contributed by atoms with Crippen molar-refractivity contribution in [3.05, 3.63) is 103 Å². The summed E-state index contributed by atoms with van der Waals surface area (Å²) in [5, 5.41) is 10.3. The van der Waals surface area contributed by atoms with Gasteiger partial charge >= 0.3 is 11.8 Å². The van der Waals surface area contributed by atoms with Gasteiger partial charge in [0.25, 0.3) is 5.56 Å². The fraction of sp³-hybridized carbons (Fsp3) is 0.167. The summed E-state index contributed by atoms with van der Waals surface area (Å²) in [7, 11) is 0. The number of halogens is 6. The number of rotatable bonds is 3. The molecule has 0 amide bonds. The van der Waals surface area contributed by atoms with Crippen LogP contribution in [0.4, 0.5) is 17.6 Å². The zero-order chi connectivity index (χ0) is 24.2. The Labute approximate surface area is 202 Å². The maximum absolute atomic E-state index is 14.6. The number of alkyl halides is 4. The van der Waals surface area contributed by atoms with E-state index in [2.05, 4.69) is 20.9 Å². The molecular weight excluding hydrogens is 540 g/mol. The molecule has 0 aliphatic heterocycles. The van der Waals surface area contributed by atoms with Crippen molar-refractivity contribution in [1.82, 2.24) is 9.55 Å². The largest absolute Gasteiger partial charge is 0.373 e. The van der Waals surface area contributed by atoms with E-state index in [4.69, 9.17) is 11.6 Å². The molecule has 2 aliphatic carbocycles. The third kappa shape index (κ3) is 2.42. The number of nitrogens with zero attached hydrogens (tertiary/aromatic N) is 2. The Morgan fingerprint density at radius 1 is 1.00 bits per heavy atom. The van der Waals surface area contributed by atoms with E-state index in [-0.39, 0.29) is 32.8 Å². The van der Waals surface area contributed by atoms with Crippen molar-refractivity contribution in [3.8, 4) is 5.69 Å². The Kier molecular flexibility index (Phi) is 4.27. The van der Waals surface area contributed by atoms with Crippen molar-refractivity contribution in [2.24, 2.45) is 0 Å². The van der Waals surface area contributed by atoms with Crippen molar-refractivity contribution >= 4 is 38.4 Å². The molecule has 4 nitrogen and oxygen atoms in total. The molecule has 0 bridgehead atoms. The second-order valence-electron chi connectivity index (χ2n) is 8.36. The molecule has 0 atom stereocenters. The van der Waals surface area contributed by atoms with Gasteiger partial charge in [-0.1, -0.05) is 41.9 Å². The van der Waals surface area contributed by atoms with Gasteiger partial charge in [-0.3, -0.25) is 9.36 Å². The molecule has 172 valence electrons. The number of hydrogen-bond donors (Lipinski definition) is 1. The van der Waals surface area contributed by atoms with E-state index in [0.29, 0.717) is 5.52 Å². The quantitative estimate of drug-likeness (QED) is 0.328. The summed E-state index contributed by atoms with van der Waals surface area (Å²) >= 11 is 9.43. The van der Waals surface area contributed by atoms with Gasteiger partial charge in [-0.25, -0.2) is 4.98 Å². The van der Waals surface area contributed by atoms with Crippen LogP contribution in [0, 0.1) is 0 Å². The summed E-state index contributed by atoms with van der Waals surface area (Å²) < 4.78 is 59.7. The molecule has 10 heteroatoms. The van der Waals surface area contributed by atoms with Gasteiger partial charge in [-0.05, 0) is 45.8 Å². The summed E-state index contributed by atoms with van der Waals surface area (Å²) in [5.74, 6) is -8.15. The maximum atomic E-state index is 14.6. The third-order valence-electron chi connectivity index (χ3n) is 6.53. The molecule has 0 saturated carbocycles. The molecule has 0 saturated heterocycles. The van der Waals surface area contributed by atoms with Crippen LogP contribution in [-0.4, -0.2) is 14.7 Å². The first-order valence-corrected chi connectivity index (χ1v) is 11.3. The van der Waals surface area contributed by atoms with E-state index in [9.17, 15) is 27.5 Å². The normalized spacial score (nSPS) is 18.2. The average molecular weight is 552 g/mol. The SMILES string of the molecule is O=c1c2c(Br)c(Cl)ccc2nc(Cc2ccccc2)n1-c1cc2c3c(c1)C(F)(F)C3(O)C2(F)F. The van der Waals surface area contributed by atoms with Crippen molar-refractivity contribution in [2.75, 3.05) is 0 Å². The minimum absolute atomic E-state index is 0.0839. The number of hydrogen-bond acceptors (Lipinski definition) is 3. The molecule has 34 heavy (non-hydrogen) atoms. The van der Waals surface area contributed by atoms with E-state index in [1.54, 1.807) is 36.4 Å². The van der Waals surface area contributed by atoms with Crippen molar-refractivity contribution in [1.29, 1.82) is 0 Å². The first kappa shape index (κ1) is 21.8. The number of benzene rings is 3. The van der Waals surface area contributed by atoms with Crippen LogP contribution < -0.4 is 5.56 Å². The first-order valence-electron chi connectivity index (χ1n) is 10.1. The van der Waals surface area contributed by atoms with Gasteiger partial charge < -0.3 is 5.11 Å². The van der Waals surface area contributed by atoms with Gasteiger partial charge in [-0.2, -0.15) is 17.6 Å². The molecule has 4 aromatic rings. The highest BCUT2D eigenvalue weighted by Crippen LogP contribution is 2.74. The second kappa shape index (κ2) is 6.68. The fourth-order valence-corrected chi connectivity index (χ4v) is 5.50. The van der Waals surface area contributed by atoms with Gasteiger partial charge in [0.05, 0.1) is 26.1 Å². The fourth-order valence-electron chi connectivity index (χ4n) is 4.84. The highest BCUT2D eigenvalue weighted by atomic mass is 79.9. The van der Waals surface area contributed by atoms with E-state index in [1.807, 2.05) is 6.07 Å². The Bertz CT molecular complexity index is 1570. The molecule has 1 N–H and O–H groups in total. The van der Waals surface area contributed by atoms with Gasteiger partial charge in [0.1, 0.15) is 5.82 Å². The Morgan fingerprint density at radius 3 is 2.24 bits per heavy atom. The zero-order valence-corrected chi connectivity index (χ0v) is 19.3. The van der Waals surface area contributed by atoms with Crippen LogP contribution in [0.15, 0.2) is 63.9 Å². The average Bonchev–Trinajstić information content (AvgIpc) is 2.81. The highest BCUT2D eigenvalue weighted by Gasteiger charge is 2.85. The maximum Gasteiger partial charge on any atom is 0.312 e. The van der Waals surface area contributed by atoms with Crippen LogP contribution in [0.2, 0.25) is 5.02 Å². The highest BCUT2D eigenvalue weighted by molar-refractivity contribution is 9.10. The molecule has 2 aliphatic rings. The number of fused-ring (bicyclic) bond motifs is 1. The summed E-state index contributed by atoms with van der Waals surface area (Å²) in [6.45, 7) is 0. The molecule has 6 rings (SSSR count). The van der Waals surface area contributed by atoms with E-state index in [0.717, 1.165) is 22.3 Å². The Balaban J connectivity index is 1.67. The Morgan fingerprint density at radius 2 is 1.62 bits per heavy atom. The minimum Gasteiger partial charge on any atom is -0.373 e. The molecule has 0 radical (unpaired) electrons. The first-order chi connectivity index (χ1) is 16.0. The van der Waals surface area contributed by atoms with E-state index in [1.165, 1.54) is 0 Å². The smallest absolute Gasteiger partial charge is 0.312 e. The molecule has 0 unspecified atom stereocenters. The van der Waals surface area contributed by atoms with Crippen LogP contribution >= 0.6 is 27.5 Å². The van der Waals surface area contributed by atoms with Gasteiger partial charge in [0.2, 0.25) is 5.60 Å². The molecule has 0 spiro atoms. The predicted octanol–water partition coefficient (Wildman–Crippen LogP) is 5.79. The van der Waals surface area contributed by atoms with Crippen LogP contribution in [0.3, 0.4) is 0 Å². The molecule has 1 aromatic heterocycles. The van der Waals surface area contributed by atoms with Gasteiger partial charge in [0, 0.05) is 23.1 Å². The lowest BCUT2D eigenvalue weighted by Gasteiger charge is -2.58. The molecule has 3 aromatic carbocycles. The van der Waals surface area contributed by atoms with Gasteiger partial charge in [-0.15, -0.1) is 0 Å². The minimum atomic E-state index is -4.16. The van der Waals surface area contributed by atoms with Gasteiger partial charge in [0.15, 0.2) is 0 Å². The van der Waals surface area contributed by atoms with Crippen LogP contribution in [0.5, 0.6) is 0 Å². The zero-order valence-electron chi connectivity index (χ0n) is 16.9. The lowest BCUT2D eigenvalue weighted by molar-refractivity contribution is -0.352. The Hall–Kier alpha value is -2.75.